The van der Waals surface area contributed by atoms with Gasteiger partial charge in [-0.25, -0.2) is 8.42 Å². The Bertz CT molecular complexity index is 1060. The molecule has 1 amide bonds. The molecule has 0 spiro atoms. The molecule has 3 aromatic rings. The fraction of sp³-hybridized carbons (Fsp3) is 0.150. The molecule has 1 heterocycles. The average molecular weight is 464 g/mol. The van der Waals surface area contributed by atoms with Gasteiger partial charge in [-0.15, -0.1) is 0 Å². The highest BCUT2D eigenvalue weighted by Crippen LogP contribution is 2.18. The summed E-state index contributed by atoms with van der Waals surface area (Å²) in [6.45, 7) is 0.468. The van der Waals surface area contributed by atoms with Gasteiger partial charge < -0.3 is 14.5 Å². The summed E-state index contributed by atoms with van der Waals surface area (Å²) in [5.74, 6) is 1.05. The summed E-state index contributed by atoms with van der Waals surface area (Å²) in [7, 11) is -3.24. The molecule has 0 fully saturated rings. The quantitative estimate of drug-likeness (QED) is 0.572. The Morgan fingerprint density at radius 3 is 2.36 bits per heavy atom. The Labute approximate surface area is 171 Å². The molecule has 1 N–H and O–H groups in total. The number of carbonyl (C=O) groups excluding carboxylic acids is 1. The molecular weight excluding hydrogens is 446 g/mol. The molecule has 6 nitrogen and oxygen atoms in total. The minimum absolute atomic E-state index is 0.183. The van der Waals surface area contributed by atoms with E-state index in [0.717, 1.165) is 16.3 Å². The Morgan fingerprint density at radius 2 is 1.71 bits per heavy atom. The van der Waals surface area contributed by atoms with E-state index in [1.165, 1.54) is 12.1 Å². The van der Waals surface area contributed by atoms with Crippen LogP contribution in [-0.2, 0) is 23.0 Å². The summed E-state index contributed by atoms with van der Waals surface area (Å²) >= 11 is 3.36. The third-order valence-electron chi connectivity index (χ3n) is 3.88. The summed E-state index contributed by atoms with van der Waals surface area (Å²) in [6, 6.07) is 17.0. The van der Waals surface area contributed by atoms with Gasteiger partial charge >= 0.3 is 0 Å². The molecule has 3 rings (SSSR count). The van der Waals surface area contributed by atoms with Crippen LogP contribution < -0.4 is 10.1 Å². The lowest BCUT2D eigenvalue weighted by Crippen LogP contribution is -2.22. The molecule has 0 atom stereocenters. The molecule has 146 valence electrons. The predicted molar refractivity (Wildman–Crippen MR) is 108 cm³/mol. The first-order valence-corrected chi connectivity index (χ1v) is 11.0. The fourth-order valence-electron chi connectivity index (χ4n) is 2.39. The monoisotopic (exact) mass is 463 g/mol. The van der Waals surface area contributed by atoms with Crippen molar-refractivity contribution in [1.29, 1.82) is 0 Å². The van der Waals surface area contributed by atoms with E-state index in [4.69, 9.17) is 9.15 Å². The number of carbonyl (C=O) groups is 1. The Balaban J connectivity index is 1.53. The lowest BCUT2D eigenvalue weighted by atomic mass is 10.2. The van der Waals surface area contributed by atoms with Crippen molar-refractivity contribution in [2.45, 2.75) is 18.0 Å². The number of hydrogen-bond donors (Lipinski definition) is 1. The van der Waals surface area contributed by atoms with Crippen LogP contribution in [-0.4, -0.2) is 20.6 Å². The summed E-state index contributed by atoms with van der Waals surface area (Å²) in [6.07, 6.45) is 1.15. The van der Waals surface area contributed by atoms with Crippen molar-refractivity contribution in [3.63, 3.8) is 0 Å². The fourth-order valence-corrected chi connectivity index (χ4v) is 3.28. The van der Waals surface area contributed by atoms with Crippen LogP contribution in [0, 0.1) is 0 Å². The van der Waals surface area contributed by atoms with Gasteiger partial charge in [0.15, 0.2) is 15.6 Å². The van der Waals surface area contributed by atoms with Crippen LogP contribution in [0.4, 0.5) is 0 Å². The molecular formula is C20H18BrNO5S. The highest BCUT2D eigenvalue weighted by Gasteiger charge is 2.12. The van der Waals surface area contributed by atoms with Gasteiger partial charge in [0.1, 0.15) is 18.1 Å². The molecule has 0 bridgehead atoms. The molecule has 0 saturated carbocycles. The molecule has 0 aliphatic carbocycles. The number of hydrogen-bond acceptors (Lipinski definition) is 5. The van der Waals surface area contributed by atoms with E-state index in [1.807, 2.05) is 24.3 Å². The number of halogens is 1. The maximum atomic E-state index is 12.2. The van der Waals surface area contributed by atoms with E-state index >= 15 is 0 Å². The normalized spacial score (nSPS) is 11.2. The van der Waals surface area contributed by atoms with Gasteiger partial charge in [-0.05, 0) is 54.1 Å². The lowest BCUT2D eigenvalue weighted by Gasteiger charge is -2.05. The van der Waals surface area contributed by atoms with Crippen LogP contribution >= 0.6 is 15.9 Å². The predicted octanol–water partition coefficient (Wildman–Crippen LogP) is 3.95. The second kappa shape index (κ2) is 8.62. The molecule has 0 aliphatic rings. The molecule has 28 heavy (non-hydrogen) atoms. The van der Waals surface area contributed by atoms with Gasteiger partial charge in [-0.2, -0.15) is 0 Å². The second-order valence-corrected chi connectivity index (χ2v) is 9.04. The van der Waals surface area contributed by atoms with E-state index in [1.54, 1.807) is 24.3 Å². The Kier molecular flexibility index (Phi) is 6.21. The van der Waals surface area contributed by atoms with Crippen molar-refractivity contribution in [2.24, 2.45) is 0 Å². The number of benzene rings is 2. The molecule has 0 unspecified atom stereocenters. The van der Waals surface area contributed by atoms with Crippen LogP contribution in [0.15, 0.2) is 74.4 Å². The van der Waals surface area contributed by atoms with Crippen molar-refractivity contribution in [1.82, 2.24) is 5.32 Å². The molecule has 8 heteroatoms. The van der Waals surface area contributed by atoms with Gasteiger partial charge in [-0.3, -0.25) is 4.79 Å². The number of furan rings is 1. The van der Waals surface area contributed by atoms with Crippen LogP contribution in [0.5, 0.6) is 5.75 Å². The zero-order valence-corrected chi connectivity index (χ0v) is 17.4. The first-order valence-electron chi connectivity index (χ1n) is 8.35. The van der Waals surface area contributed by atoms with Crippen LogP contribution in [0.1, 0.15) is 21.9 Å². The summed E-state index contributed by atoms with van der Waals surface area (Å²) in [5, 5.41) is 2.74. The van der Waals surface area contributed by atoms with E-state index in [-0.39, 0.29) is 29.7 Å². The molecule has 2 aromatic carbocycles. The maximum Gasteiger partial charge on any atom is 0.287 e. The highest BCUT2D eigenvalue weighted by molar-refractivity contribution is 9.10. The van der Waals surface area contributed by atoms with Crippen molar-refractivity contribution < 1.29 is 22.4 Å². The topological polar surface area (TPSA) is 85.6 Å². The van der Waals surface area contributed by atoms with Crippen LogP contribution in [0.3, 0.4) is 0 Å². The molecule has 1 aromatic heterocycles. The number of amides is 1. The third kappa shape index (κ3) is 5.46. The number of nitrogens with one attached hydrogen (secondary N) is 1. The van der Waals surface area contributed by atoms with Gasteiger partial charge in [0.2, 0.25) is 0 Å². The Hall–Kier alpha value is -2.58. The SMILES string of the molecule is CS(=O)(=O)c1ccc(CNC(=O)c2ccc(COc3ccc(Br)cc3)o2)cc1. The van der Waals surface area contributed by atoms with E-state index in [9.17, 15) is 13.2 Å². The number of ether oxygens (including phenoxy) is 1. The van der Waals surface area contributed by atoms with Crippen LogP contribution in [0.2, 0.25) is 0 Å². The second-order valence-electron chi connectivity index (χ2n) is 6.11. The van der Waals surface area contributed by atoms with Crippen molar-refractivity contribution in [2.75, 3.05) is 6.26 Å². The first-order chi connectivity index (χ1) is 13.3. The van der Waals surface area contributed by atoms with Crippen molar-refractivity contribution in [3.8, 4) is 5.75 Å². The minimum Gasteiger partial charge on any atom is -0.486 e. The lowest BCUT2D eigenvalue weighted by molar-refractivity contribution is 0.0919. The first kappa shape index (κ1) is 20.2. The molecule has 0 saturated heterocycles. The summed E-state index contributed by atoms with van der Waals surface area (Å²) in [5.41, 5.74) is 0.783. The van der Waals surface area contributed by atoms with E-state index < -0.39 is 9.84 Å². The summed E-state index contributed by atoms with van der Waals surface area (Å²) < 4.78 is 35.0. The third-order valence-corrected chi connectivity index (χ3v) is 5.54. The largest absolute Gasteiger partial charge is 0.486 e. The zero-order chi connectivity index (χ0) is 20.1. The van der Waals surface area contributed by atoms with Gasteiger partial charge in [0.05, 0.1) is 4.90 Å². The highest BCUT2D eigenvalue weighted by atomic mass is 79.9. The van der Waals surface area contributed by atoms with Crippen molar-refractivity contribution in [3.05, 3.63) is 82.2 Å². The van der Waals surface area contributed by atoms with Crippen LogP contribution in [0.25, 0.3) is 0 Å². The van der Waals surface area contributed by atoms with Gasteiger partial charge in [0, 0.05) is 17.3 Å². The Morgan fingerprint density at radius 1 is 1.04 bits per heavy atom. The number of sulfone groups is 1. The van der Waals surface area contributed by atoms with Gasteiger partial charge in [0.25, 0.3) is 5.91 Å². The van der Waals surface area contributed by atoms with E-state index in [2.05, 4.69) is 21.2 Å². The maximum absolute atomic E-state index is 12.2. The number of rotatable bonds is 7. The van der Waals surface area contributed by atoms with Crippen molar-refractivity contribution >= 4 is 31.7 Å². The average Bonchev–Trinajstić information content (AvgIpc) is 3.14. The molecule has 0 radical (unpaired) electrons. The minimum atomic E-state index is -3.24. The summed E-state index contributed by atoms with van der Waals surface area (Å²) in [4.78, 5) is 12.5. The molecule has 0 aliphatic heterocycles. The standard InChI is InChI=1S/C20H18BrNO5S/c1-28(24,25)18-9-2-14(3-10-18)12-22-20(23)19-11-8-17(27-19)13-26-16-6-4-15(21)5-7-16/h2-11H,12-13H2,1H3,(H,22,23). The smallest absolute Gasteiger partial charge is 0.287 e. The van der Waals surface area contributed by atoms with Gasteiger partial charge in [-0.1, -0.05) is 28.1 Å². The zero-order valence-electron chi connectivity index (χ0n) is 15.0. The van der Waals surface area contributed by atoms with E-state index in [0.29, 0.717) is 11.5 Å².